The normalized spacial score (nSPS) is 12.3. The Labute approximate surface area is 180 Å². The minimum Gasteiger partial charge on any atom is -0.494 e. The van der Waals surface area contributed by atoms with Gasteiger partial charge in [-0.25, -0.2) is 8.42 Å². The van der Waals surface area contributed by atoms with Crippen LogP contribution in [0.4, 0.5) is 5.69 Å². The third-order valence-corrected chi connectivity index (χ3v) is 6.06. The second kappa shape index (κ2) is 10.5. The monoisotopic (exact) mass is 432 g/mol. The number of nitrogens with zero attached hydrogens (tertiary/aromatic N) is 1. The summed E-state index contributed by atoms with van der Waals surface area (Å²) < 4.78 is 31.2. The molecule has 2 aromatic carbocycles. The molecule has 1 N–H and O–H groups in total. The van der Waals surface area contributed by atoms with Crippen LogP contribution in [0.5, 0.6) is 5.75 Å². The molecule has 0 aliphatic rings. The highest BCUT2D eigenvalue weighted by Gasteiger charge is 2.18. The fourth-order valence-corrected chi connectivity index (χ4v) is 4.41. The van der Waals surface area contributed by atoms with E-state index in [4.69, 9.17) is 4.74 Å². The lowest BCUT2D eigenvalue weighted by atomic mass is 10.00. The van der Waals surface area contributed by atoms with Gasteiger partial charge in [0.1, 0.15) is 5.75 Å². The third-order valence-electron chi connectivity index (χ3n) is 4.87. The van der Waals surface area contributed by atoms with E-state index >= 15 is 0 Å². The van der Waals surface area contributed by atoms with Crippen molar-refractivity contribution in [3.8, 4) is 5.75 Å². The van der Waals surface area contributed by atoms with Crippen LogP contribution < -0.4 is 14.4 Å². The minimum absolute atomic E-state index is 0.0948. The molecule has 0 fully saturated rings. The lowest BCUT2D eigenvalue weighted by molar-refractivity contribution is -0.121. The van der Waals surface area contributed by atoms with Crippen molar-refractivity contribution in [2.45, 2.75) is 46.6 Å². The number of carbonyl (C=O) groups is 1. The van der Waals surface area contributed by atoms with Crippen molar-refractivity contribution in [1.82, 2.24) is 5.32 Å². The maximum absolute atomic E-state index is 12.4. The Hall–Kier alpha value is -2.54. The second-order valence-electron chi connectivity index (χ2n) is 7.51. The molecule has 0 bridgehead atoms. The van der Waals surface area contributed by atoms with E-state index in [1.54, 1.807) is 24.3 Å². The fraction of sp³-hybridized carbons (Fsp3) is 0.435. The number of anilines is 1. The van der Waals surface area contributed by atoms with Gasteiger partial charge < -0.3 is 10.1 Å². The molecule has 30 heavy (non-hydrogen) atoms. The van der Waals surface area contributed by atoms with Crippen LogP contribution in [0.15, 0.2) is 42.5 Å². The van der Waals surface area contributed by atoms with Crippen LogP contribution in [0, 0.1) is 13.8 Å². The van der Waals surface area contributed by atoms with Crippen LogP contribution in [0.2, 0.25) is 0 Å². The van der Waals surface area contributed by atoms with Crippen molar-refractivity contribution in [3.05, 3.63) is 59.2 Å². The number of aryl methyl sites for hydroxylation is 2. The molecule has 0 unspecified atom stereocenters. The Morgan fingerprint density at radius 3 is 2.37 bits per heavy atom. The van der Waals surface area contributed by atoms with E-state index < -0.39 is 10.0 Å². The molecule has 0 saturated carbocycles. The first kappa shape index (κ1) is 23.7. The number of rotatable bonds is 10. The Balaban J connectivity index is 1.95. The Bertz CT molecular complexity index is 956. The number of ether oxygens (including phenoxy) is 1. The molecule has 2 rings (SSSR count). The van der Waals surface area contributed by atoms with Gasteiger partial charge in [-0.15, -0.1) is 0 Å². The molecular formula is C23H32N2O4S. The van der Waals surface area contributed by atoms with Crippen LogP contribution in [0.1, 0.15) is 49.4 Å². The molecule has 6 nitrogen and oxygen atoms in total. The summed E-state index contributed by atoms with van der Waals surface area (Å²) in [5.74, 6) is 0.595. The van der Waals surface area contributed by atoms with E-state index in [0.29, 0.717) is 24.5 Å². The lowest BCUT2D eigenvalue weighted by Crippen LogP contribution is -2.32. The molecule has 0 aromatic heterocycles. The van der Waals surface area contributed by atoms with Crippen molar-refractivity contribution in [3.63, 3.8) is 0 Å². The summed E-state index contributed by atoms with van der Waals surface area (Å²) in [7, 11) is -3.46. The Morgan fingerprint density at radius 1 is 1.13 bits per heavy atom. The molecule has 7 heteroatoms. The standard InChI is InChI=1S/C23H32N2O4S/c1-6-29-21-12-10-20(11-13-21)25(30(5,27)28)15-7-8-23(26)24-19(4)22-14-9-17(2)16-18(22)3/h9-14,16,19H,6-8,15H2,1-5H3,(H,24,26)/t19-/m0/s1. The first-order valence-electron chi connectivity index (χ1n) is 10.2. The summed E-state index contributed by atoms with van der Waals surface area (Å²) in [6.07, 6.45) is 1.84. The highest BCUT2D eigenvalue weighted by molar-refractivity contribution is 7.92. The number of carbonyl (C=O) groups excluding carboxylic acids is 1. The van der Waals surface area contributed by atoms with Gasteiger partial charge in [0, 0.05) is 13.0 Å². The van der Waals surface area contributed by atoms with E-state index in [0.717, 1.165) is 11.1 Å². The summed E-state index contributed by atoms with van der Waals surface area (Å²) in [6.45, 7) is 8.70. The summed E-state index contributed by atoms with van der Waals surface area (Å²) in [6, 6.07) is 13.0. The predicted octanol–water partition coefficient (Wildman–Crippen LogP) is 4.13. The first-order valence-corrected chi connectivity index (χ1v) is 12.0. The van der Waals surface area contributed by atoms with E-state index in [-0.39, 0.29) is 24.9 Å². The molecular weight excluding hydrogens is 400 g/mol. The lowest BCUT2D eigenvalue weighted by Gasteiger charge is -2.23. The van der Waals surface area contributed by atoms with Gasteiger partial charge in [-0.3, -0.25) is 9.10 Å². The van der Waals surface area contributed by atoms with Crippen molar-refractivity contribution in [2.75, 3.05) is 23.7 Å². The summed E-state index contributed by atoms with van der Waals surface area (Å²) in [4.78, 5) is 12.4. The van der Waals surface area contributed by atoms with Gasteiger partial charge in [0.25, 0.3) is 0 Å². The Kier molecular flexibility index (Phi) is 8.29. The van der Waals surface area contributed by atoms with Gasteiger partial charge in [-0.2, -0.15) is 0 Å². The minimum atomic E-state index is -3.46. The van der Waals surface area contributed by atoms with Crippen molar-refractivity contribution in [2.24, 2.45) is 0 Å². The molecule has 0 aliphatic carbocycles. The van der Waals surface area contributed by atoms with Gasteiger partial charge in [0.2, 0.25) is 15.9 Å². The molecule has 1 amide bonds. The Morgan fingerprint density at radius 2 is 1.80 bits per heavy atom. The molecule has 0 aliphatic heterocycles. The first-order chi connectivity index (χ1) is 14.1. The third kappa shape index (κ3) is 6.76. The van der Waals surface area contributed by atoms with Crippen molar-refractivity contribution < 1.29 is 17.9 Å². The number of hydrogen-bond acceptors (Lipinski definition) is 4. The van der Waals surface area contributed by atoms with Gasteiger partial charge in [0.15, 0.2) is 0 Å². The molecule has 0 heterocycles. The smallest absolute Gasteiger partial charge is 0.232 e. The maximum atomic E-state index is 12.4. The zero-order valence-corrected chi connectivity index (χ0v) is 19.3. The summed E-state index contributed by atoms with van der Waals surface area (Å²) in [5.41, 5.74) is 3.97. The van der Waals surface area contributed by atoms with Crippen LogP contribution >= 0.6 is 0 Å². The van der Waals surface area contributed by atoms with Crippen molar-refractivity contribution in [1.29, 1.82) is 0 Å². The second-order valence-corrected chi connectivity index (χ2v) is 9.42. The number of amides is 1. The highest BCUT2D eigenvalue weighted by Crippen LogP contribution is 2.22. The molecule has 164 valence electrons. The van der Waals surface area contributed by atoms with Gasteiger partial charge in [-0.05, 0) is 69.5 Å². The largest absolute Gasteiger partial charge is 0.494 e. The number of nitrogens with one attached hydrogen (secondary N) is 1. The van der Waals surface area contributed by atoms with Gasteiger partial charge in [0.05, 0.1) is 24.6 Å². The zero-order valence-electron chi connectivity index (χ0n) is 18.4. The van der Waals surface area contributed by atoms with Crippen LogP contribution in [-0.2, 0) is 14.8 Å². The molecule has 0 radical (unpaired) electrons. The summed E-state index contributed by atoms with van der Waals surface area (Å²) >= 11 is 0. The highest BCUT2D eigenvalue weighted by atomic mass is 32.2. The predicted molar refractivity (Wildman–Crippen MR) is 122 cm³/mol. The van der Waals surface area contributed by atoms with E-state index in [1.807, 2.05) is 39.8 Å². The maximum Gasteiger partial charge on any atom is 0.232 e. The molecule has 0 saturated heterocycles. The number of sulfonamides is 1. The van der Waals surface area contributed by atoms with Crippen LogP contribution in [0.3, 0.4) is 0 Å². The average Bonchev–Trinajstić information content (AvgIpc) is 2.65. The fourth-order valence-electron chi connectivity index (χ4n) is 3.45. The topological polar surface area (TPSA) is 75.7 Å². The van der Waals surface area contributed by atoms with E-state index in [9.17, 15) is 13.2 Å². The molecule has 0 spiro atoms. The van der Waals surface area contributed by atoms with E-state index in [2.05, 4.69) is 11.4 Å². The molecule has 2 aromatic rings. The van der Waals surface area contributed by atoms with Crippen molar-refractivity contribution >= 4 is 21.6 Å². The average molecular weight is 433 g/mol. The number of benzene rings is 2. The number of hydrogen-bond donors (Lipinski definition) is 1. The molecule has 1 atom stereocenters. The van der Waals surface area contributed by atoms with Crippen LogP contribution in [-0.4, -0.2) is 33.7 Å². The van der Waals surface area contributed by atoms with Gasteiger partial charge >= 0.3 is 0 Å². The van der Waals surface area contributed by atoms with Crippen LogP contribution in [0.25, 0.3) is 0 Å². The SMILES string of the molecule is CCOc1ccc(N(CCCC(=O)N[C@@H](C)c2ccc(C)cc2C)S(C)(=O)=O)cc1. The summed E-state index contributed by atoms with van der Waals surface area (Å²) in [5, 5.41) is 3.01. The van der Waals surface area contributed by atoms with Gasteiger partial charge in [-0.1, -0.05) is 23.8 Å². The quantitative estimate of drug-likeness (QED) is 0.613. The van der Waals surface area contributed by atoms with E-state index in [1.165, 1.54) is 16.1 Å². The zero-order chi connectivity index (χ0) is 22.3.